The van der Waals surface area contributed by atoms with E-state index in [2.05, 4.69) is 29.4 Å². The first-order chi connectivity index (χ1) is 8.97. The van der Waals surface area contributed by atoms with E-state index in [4.69, 9.17) is 0 Å². The highest BCUT2D eigenvalue weighted by Gasteiger charge is 2.16. The molecule has 2 amide bonds. The SMILES string of the molecule is Cc1cc(C)c(NC(=O)N=C2CCCN2C)c(C)c1. The third-order valence-electron chi connectivity index (χ3n) is 3.47. The fourth-order valence-electron chi connectivity index (χ4n) is 2.56. The number of nitrogens with one attached hydrogen (secondary N) is 1. The van der Waals surface area contributed by atoms with Gasteiger partial charge in [0.1, 0.15) is 5.84 Å². The zero-order valence-electron chi connectivity index (χ0n) is 12.1. The third-order valence-corrected chi connectivity index (χ3v) is 3.47. The Morgan fingerprint density at radius 2 is 1.89 bits per heavy atom. The van der Waals surface area contributed by atoms with Crippen molar-refractivity contribution in [3.8, 4) is 0 Å². The highest BCUT2D eigenvalue weighted by molar-refractivity contribution is 6.01. The highest BCUT2D eigenvalue weighted by atomic mass is 16.2. The lowest BCUT2D eigenvalue weighted by atomic mass is 10.1. The van der Waals surface area contributed by atoms with Crippen LogP contribution in [0, 0.1) is 20.8 Å². The zero-order valence-corrected chi connectivity index (χ0v) is 12.1. The van der Waals surface area contributed by atoms with E-state index in [0.29, 0.717) is 0 Å². The van der Waals surface area contributed by atoms with Crippen molar-refractivity contribution in [3.05, 3.63) is 28.8 Å². The van der Waals surface area contributed by atoms with Crippen molar-refractivity contribution in [3.63, 3.8) is 0 Å². The number of carbonyl (C=O) groups is 1. The van der Waals surface area contributed by atoms with Crippen LogP contribution >= 0.6 is 0 Å². The summed E-state index contributed by atoms with van der Waals surface area (Å²) in [7, 11) is 1.97. The van der Waals surface area contributed by atoms with Crippen LogP contribution in [0.1, 0.15) is 29.5 Å². The fourth-order valence-corrected chi connectivity index (χ4v) is 2.56. The van der Waals surface area contributed by atoms with Gasteiger partial charge in [0.2, 0.25) is 0 Å². The van der Waals surface area contributed by atoms with E-state index < -0.39 is 0 Å². The molecule has 1 aromatic carbocycles. The van der Waals surface area contributed by atoms with E-state index in [1.807, 2.05) is 25.8 Å². The second-order valence-electron chi connectivity index (χ2n) is 5.26. The number of amides is 2. The number of carbonyl (C=O) groups excluding carboxylic acids is 1. The molecule has 1 aromatic rings. The molecule has 1 fully saturated rings. The molecule has 1 aliphatic rings. The molecule has 1 N–H and O–H groups in total. The Morgan fingerprint density at radius 1 is 1.26 bits per heavy atom. The monoisotopic (exact) mass is 259 g/mol. The van der Waals surface area contributed by atoms with Crippen LogP contribution in [-0.2, 0) is 0 Å². The normalized spacial score (nSPS) is 17.1. The van der Waals surface area contributed by atoms with Crippen molar-refractivity contribution in [2.24, 2.45) is 4.99 Å². The van der Waals surface area contributed by atoms with Crippen LogP contribution in [0.3, 0.4) is 0 Å². The Balaban J connectivity index is 2.16. The molecule has 102 valence electrons. The Hall–Kier alpha value is -1.84. The van der Waals surface area contributed by atoms with Gasteiger partial charge in [0.15, 0.2) is 0 Å². The molecule has 0 saturated carbocycles. The van der Waals surface area contributed by atoms with E-state index in [9.17, 15) is 4.79 Å². The van der Waals surface area contributed by atoms with Crippen LogP contribution in [0.4, 0.5) is 10.5 Å². The summed E-state index contributed by atoms with van der Waals surface area (Å²) >= 11 is 0. The molecule has 19 heavy (non-hydrogen) atoms. The molecule has 2 rings (SSSR count). The number of benzene rings is 1. The highest BCUT2D eigenvalue weighted by Crippen LogP contribution is 2.22. The van der Waals surface area contributed by atoms with Gasteiger partial charge in [-0.1, -0.05) is 17.7 Å². The summed E-state index contributed by atoms with van der Waals surface area (Å²) in [4.78, 5) is 18.2. The minimum Gasteiger partial charge on any atom is -0.363 e. The van der Waals surface area contributed by atoms with Gasteiger partial charge in [-0.3, -0.25) is 0 Å². The number of nitrogens with zero attached hydrogens (tertiary/aromatic N) is 2. The second kappa shape index (κ2) is 5.43. The van der Waals surface area contributed by atoms with Crippen LogP contribution in [0.15, 0.2) is 17.1 Å². The Bertz CT molecular complexity index is 511. The van der Waals surface area contributed by atoms with E-state index >= 15 is 0 Å². The maximum atomic E-state index is 12.0. The molecule has 0 radical (unpaired) electrons. The van der Waals surface area contributed by atoms with E-state index in [1.165, 1.54) is 5.56 Å². The second-order valence-corrected chi connectivity index (χ2v) is 5.26. The number of hydrogen-bond donors (Lipinski definition) is 1. The predicted molar refractivity (Wildman–Crippen MR) is 79.0 cm³/mol. The number of aliphatic imine (C=N–C) groups is 1. The van der Waals surface area contributed by atoms with Crippen LogP contribution < -0.4 is 5.32 Å². The number of urea groups is 1. The van der Waals surface area contributed by atoms with Gasteiger partial charge in [0.05, 0.1) is 0 Å². The summed E-state index contributed by atoms with van der Waals surface area (Å²) in [5, 5.41) is 2.90. The maximum absolute atomic E-state index is 12.0. The van der Waals surface area contributed by atoms with Crippen LogP contribution in [0.25, 0.3) is 0 Å². The van der Waals surface area contributed by atoms with Crippen molar-refractivity contribution < 1.29 is 4.79 Å². The molecule has 0 spiro atoms. The summed E-state index contributed by atoms with van der Waals surface area (Å²) in [6.45, 7) is 7.04. The van der Waals surface area contributed by atoms with E-state index in [-0.39, 0.29) is 6.03 Å². The van der Waals surface area contributed by atoms with Gasteiger partial charge >= 0.3 is 6.03 Å². The number of rotatable bonds is 1. The summed E-state index contributed by atoms with van der Waals surface area (Å²) < 4.78 is 0. The van der Waals surface area contributed by atoms with Crippen molar-refractivity contribution in [1.29, 1.82) is 0 Å². The molecule has 0 unspecified atom stereocenters. The van der Waals surface area contributed by atoms with Gasteiger partial charge < -0.3 is 10.2 Å². The fraction of sp³-hybridized carbons (Fsp3) is 0.467. The van der Waals surface area contributed by atoms with Crippen molar-refractivity contribution in [2.45, 2.75) is 33.6 Å². The lowest BCUT2D eigenvalue weighted by Gasteiger charge is -2.13. The minimum atomic E-state index is -0.279. The molecule has 0 aromatic heterocycles. The van der Waals surface area contributed by atoms with E-state index in [0.717, 1.165) is 42.0 Å². The zero-order chi connectivity index (χ0) is 14.0. The molecule has 4 heteroatoms. The molecule has 4 nitrogen and oxygen atoms in total. The standard InChI is InChI=1S/C15H21N3O/c1-10-8-11(2)14(12(3)9-10)17-15(19)16-13-6-5-7-18(13)4/h8-9H,5-7H2,1-4H3,(H,17,19). The van der Waals surface area contributed by atoms with Crippen molar-refractivity contribution >= 4 is 17.6 Å². The first-order valence-electron chi connectivity index (χ1n) is 6.65. The summed E-state index contributed by atoms with van der Waals surface area (Å²) in [5.74, 6) is 0.875. The first kappa shape index (κ1) is 13.6. The molecule has 0 aliphatic carbocycles. The number of likely N-dealkylation sites (tertiary alicyclic amines) is 1. The van der Waals surface area contributed by atoms with E-state index in [1.54, 1.807) is 0 Å². The molecule has 1 heterocycles. The minimum absolute atomic E-state index is 0.279. The van der Waals surface area contributed by atoms with Crippen molar-refractivity contribution in [1.82, 2.24) is 4.90 Å². The number of amidine groups is 1. The summed E-state index contributed by atoms with van der Waals surface area (Å²) in [6.07, 6.45) is 1.96. The number of hydrogen-bond acceptors (Lipinski definition) is 1. The van der Waals surface area contributed by atoms with Gasteiger partial charge in [0, 0.05) is 25.7 Å². The Morgan fingerprint density at radius 3 is 2.42 bits per heavy atom. The smallest absolute Gasteiger partial charge is 0.347 e. The lowest BCUT2D eigenvalue weighted by Crippen LogP contribution is -2.22. The first-order valence-corrected chi connectivity index (χ1v) is 6.65. The Labute approximate surface area is 114 Å². The molecule has 0 atom stereocenters. The number of aryl methyl sites for hydroxylation is 3. The van der Waals surface area contributed by atoms with Gasteiger partial charge in [0.25, 0.3) is 0 Å². The molecule has 1 aliphatic heterocycles. The molecule has 1 saturated heterocycles. The van der Waals surface area contributed by atoms with Crippen LogP contribution in [0.2, 0.25) is 0 Å². The van der Waals surface area contributed by atoms with Gasteiger partial charge in [-0.25, -0.2) is 4.79 Å². The predicted octanol–water partition coefficient (Wildman–Crippen LogP) is 3.27. The van der Waals surface area contributed by atoms with Gasteiger partial charge in [-0.05, 0) is 38.3 Å². The third kappa shape index (κ3) is 3.13. The summed E-state index contributed by atoms with van der Waals surface area (Å²) in [5.41, 5.74) is 4.23. The van der Waals surface area contributed by atoms with Crippen LogP contribution in [-0.4, -0.2) is 30.4 Å². The van der Waals surface area contributed by atoms with Gasteiger partial charge in [-0.15, -0.1) is 0 Å². The molecular weight excluding hydrogens is 238 g/mol. The average Bonchev–Trinajstić information content (AvgIpc) is 2.69. The number of anilines is 1. The lowest BCUT2D eigenvalue weighted by molar-refractivity contribution is 0.259. The maximum Gasteiger partial charge on any atom is 0.347 e. The van der Waals surface area contributed by atoms with Crippen molar-refractivity contribution in [2.75, 3.05) is 18.9 Å². The topological polar surface area (TPSA) is 44.7 Å². The summed E-state index contributed by atoms with van der Waals surface area (Å²) in [6, 6.07) is 3.85. The molecule has 0 bridgehead atoms. The quantitative estimate of drug-likeness (QED) is 0.841. The Kier molecular flexibility index (Phi) is 3.88. The van der Waals surface area contributed by atoms with Gasteiger partial charge in [-0.2, -0.15) is 4.99 Å². The van der Waals surface area contributed by atoms with Crippen LogP contribution in [0.5, 0.6) is 0 Å². The average molecular weight is 259 g/mol. The largest absolute Gasteiger partial charge is 0.363 e. The molecular formula is C15H21N3O.